The van der Waals surface area contributed by atoms with Crippen molar-refractivity contribution in [2.75, 3.05) is 12.4 Å². The van der Waals surface area contributed by atoms with Crippen molar-refractivity contribution < 1.29 is 0 Å². The Kier molecular flexibility index (Phi) is 6.44. The minimum atomic E-state index is 0.249. The van der Waals surface area contributed by atoms with Crippen LogP contribution in [-0.2, 0) is 13.1 Å². The molecule has 0 aliphatic rings. The maximum atomic E-state index is 5.69. The van der Waals surface area contributed by atoms with Crippen LogP contribution in [0.15, 0.2) is 59.6 Å². The van der Waals surface area contributed by atoms with Gasteiger partial charge in [0, 0.05) is 13.1 Å². The summed E-state index contributed by atoms with van der Waals surface area (Å²) in [4.78, 5) is 6.69. The van der Waals surface area contributed by atoms with E-state index in [9.17, 15) is 0 Å². The molecule has 2 rings (SSSR count). The lowest BCUT2D eigenvalue weighted by molar-refractivity contribution is 0.271. The summed E-state index contributed by atoms with van der Waals surface area (Å²) in [5, 5.41) is 0. The number of halogens is 1. The molecule has 4 heteroatoms. The predicted octanol–water partition coefficient (Wildman–Crippen LogP) is 3.94. The topological polar surface area (TPSA) is 41.6 Å². The molecule has 0 bridgehead atoms. The molecule has 0 saturated heterocycles. The van der Waals surface area contributed by atoms with E-state index < -0.39 is 0 Å². The second-order valence-corrected chi connectivity index (χ2v) is 5.46. The largest absolute Gasteiger partial charge is 0.386 e. The van der Waals surface area contributed by atoms with Gasteiger partial charge in [0.15, 0.2) is 0 Å². The van der Waals surface area contributed by atoms with Gasteiger partial charge in [-0.25, -0.2) is 4.99 Å². The molecule has 0 atom stereocenters. The van der Waals surface area contributed by atoms with Gasteiger partial charge >= 0.3 is 0 Å². The molecule has 116 valence electrons. The summed E-state index contributed by atoms with van der Waals surface area (Å²) in [6.07, 6.45) is 0. The first kappa shape index (κ1) is 16.5. The van der Waals surface area contributed by atoms with E-state index in [1.165, 1.54) is 11.1 Å². The monoisotopic (exact) mass is 315 g/mol. The highest BCUT2D eigenvalue weighted by molar-refractivity contribution is 6.28. The smallest absolute Gasteiger partial charge is 0.115 e. The van der Waals surface area contributed by atoms with Crippen LogP contribution in [0.1, 0.15) is 18.1 Å². The van der Waals surface area contributed by atoms with Gasteiger partial charge in [-0.05, 0) is 29.8 Å². The van der Waals surface area contributed by atoms with Gasteiger partial charge in [-0.15, -0.1) is 11.6 Å². The van der Waals surface area contributed by atoms with Crippen LogP contribution in [0.4, 0.5) is 5.69 Å². The Morgan fingerprint density at radius 1 is 1.05 bits per heavy atom. The molecule has 0 aliphatic carbocycles. The molecule has 0 aliphatic heterocycles. The number of alkyl halides is 1. The summed E-state index contributed by atoms with van der Waals surface area (Å²) in [5.74, 6) is 0.690. The summed E-state index contributed by atoms with van der Waals surface area (Å²) in [6, 6.07) is 18.6. The fourth-order valence-electron chi connectivity index (χ4n) is 2.30. The highest BCUT2D eigenvalue weighted by Crippen LogP contribution is 2.17. The molecule has 22 heavy (non-hydrogen) atoms. The highest BCUT2D eigenvalue weighted by atomic mass is 35.5. The number of amidine groups is 1. The molecular weight excluding hydrogens is 294 g/mol. The summed E-state index contributed by atoms with van der Waals surface area (Å²) < 4.78 is 0. The number of nitrogens with zero attached hydrogens (tertiary/aromatic N) is 2. The number of rotatable bonds is 7. The Morgan fingerprint density at radius 3 is 2.41 bits per heavy atom. The fraction of sp³-hybridized carbons (Fsp3) is 0.278. The lowest BCUT2D eigenvalue weighted by Crippen LogP contribution is -2.22. The lowest BCUT2D eigenvalue weighted by atomic mass is 10.1. The van der Waals surface area contributed by atoms with Gasteiger partial charge in [-0.3, -0.25) is 4.90 Å². The van der Waals surface area contributed by atoms with Crippen molar-refractivity contribution in [2.24, 2.45) is 10.7 Å². The first-order valence-corrected chi connectivity index (χ1v) is 7.99. The number of aliphatic imine (C=N–C) groups is 1. The second-order valence-electron chi connectivity index (χ2n) is 5.20. The molecule has 0 aromatic heterocycles. The van der Waals surface area contributed by atoms with Crippen molar-refractivity contribution in [1.82, 2.24) is 4.90 Å². The van der Waals surface area contributed by atoms with Gasteiger partial charge in [0.2, 0.25) is 0 Å². The zero-order valence-corrected chi connectivity index (χ0v) is 13.6. The molecule has 2 aromatic rings. The highest BCUT2D eigenvalue weighted by Gasteiger charge is 2.05. The average Bonchev–Trinajstić information content (AvgIpc) is 2.55. The predicted molar refractivity (Wildman–Crippen MR) is 94.7 cm³/mol. The van der Waals surface area contributed by atoms with Crippen LogP contribution in [0.2, 0.25) is 0 Å². The maximum absolute atomic E-state index is 5.69. The fourth-order valence-corrected chi connectivity index (χ4v) is 2.36. The lowest BCUT2D eigenvalue weighted by Gasteiger charge is -2.20. The standard InChI is InChI=1S/C18H22ClN3/c1-2-22(13-15-7-4-3-5-8-15)14-16-9-6-10-17(11-16)21-18(20)12-19/h3-11H,2,12-14H2,1H3,(H2,20,21). The molecule has 0 radical (unpaired) electrons. The van der Waals surface area contributed by atoms with Crippen LogP contribution < -0.4 is 5.73 Å². The minimum absolute atomic E-state index is 0.249. The van der Waals surface area contributed by atoms with Crippen molar-refractivity contribution in [3.63, 3.8) is 0 Å². The molecule has 0 amide bonds. The van der Waals surface area contributed by atoms with Crippen LogP contribution in [0.3, 0.4) is 0 Å². The molecule has 3 nitrogen and oxygen atoms in total. The van der Waals surface area contributed by atoms with Crippen molar-refractivity contribution >= 4 is 23.1 Å². The van der Waals surface area contributed by atoms with Crippen LogP contribution in [0.25, 0.3) is 0 Å². The van der Waals surface area contributed by atoms with E-state index in [2.05, 4.69) is 53.2 Å². The van der Waals surface area contributed by atoms with Crippen molar-refractivity contribution in [2.45, 2.75) is 20.0 Å². The first-order chi connectivity index (χ1) is 10.7. The number of hydrogen-bond acceptors (Lipinski definition) is 2. The zero-order valence-electron chi connectivity index (χ0n) is 12.9. The third kappa shape index (κ3) is 5.17. The van der Waals surface area contributed by atoms with E-state index in [1.54, 1.807) is 0 Å². The third-order valence-electron chi connectivity index (χ3n) is 3.42. The number of nitrogens with two attached hydrogens (primary N) is 1. The van der Waals surface area contributed by atoms with Gasteiger partial charge in [0.05, 0.1) is 11.6 Å². The normalized spacial score (nSPS) is 11.9. The molecule has 0 heterocycles. The SMILES string of the molecule is CCN(Cc1ccccc1)Cc1cccc(N=C(N)CCl)c1. The van der Waals surface area contributed by atoms with Gasteiger partial charge < -0.3 is 5.73 Å². The molecule has 2 N–H and O–H groups in total. The Hall–Kier alpha value is -1.84. The van der Waals surface area contributed by atoms with Gasteiger partial charge in [-0.1, -0.05) is 49.4 Å². The first-order valence-electron chi connectivity index (χ1n) is 7.45. The molecule has 0 unspecified atom stereocenters. The van der Waals surface area contributed by atoms with E-state index in [4.69, 9.17) is 17.3 Å². The Labute approximate surface area is 137 Å². The molecule has 0 fully saturated rings. The number of benzene rings is 2. The molecule has 0 saturated carbocycles. The van der Waals surface area contributed by atoms with Crippen LogP contribution in [0.5, 0.6) is 0 Å². The van der Waals surface area contributed by atoms with Gasteiger partial charge in [-0.2, -0.15) is 0 Å². The van der Waals surface area contributed by atoms with Crippen molar-refractivity contribution in [3.05, 3.63) is 65.7 Å². The van der Waals surface area contributed by atoms with E-state index in [-0.39, 0.29) is 5.88 Å². The second kappa shape index (κ2) is 8.57. The summed E-state index contributed by atoms with van der Waals surface area (Å²) >= 11 is 5.67. The molecule has 2 aromatic carbocycles. The van der Waals surface area contributed by atoms with Gasteiger partial charge in [0.25, 0.3) is 0 Å². The van der Waals surface area contributed by atoms with Crippen LogP contribution in [0, 0.1) is 0 Å². The Morgan fingerprint density at radius 2 is 1.73 bits per heavy atom. The summed E-state index contributed by atoms with van der Waals surface area (Å²) in [6.45, 7) is 4.99. The van der Waals surface area contributed by atoms with Gasteiger partial charge in [0.1, 0.15) is 5.84 Å². The van der Waals surface area contributed by atoms with E-state index >= 15 is 0 Å². The average molecular weight is 316 g/mol. The van der Waals surface area contributed by atoms with Crippen LogP contribution in [-0.4, -0.2) is 23.2 Å². The van der Waals surface area contributed by atoms with E-state index in [1.807, 2.05) is 18.2 Å². The quantitative estimate of drug-likeness (QED) is 0.478. The Balaban J connectivity index is 2.06. The van der Waals surface area contributed by atoms with Crippen LogP contribution >= 0.6 is 11.6 Å². The zero-order chi connectivity index (χ0) is 15.8. The van der Waals surface area contributed by atoms with E-state index in [0.717, 1.165) is 25.3 Å². The maximum Gasteiger partial charge on any atom is 0.115 e. The Bertz CT molecular complexity index is 611. The van der Waals surface area contributed by atoms with E-state index in [0.29, 0.717) is 5.84 Å². The van der Waals surface area contributed by atoms with Crippen molar-refractivity contribution in [3.8, 4) is 0 Å². The molecular formula is C18H22ClN3. The summed E-state index contributed by atoms with van der Waals surface area (Å²) in [5.41, 5.74) is 9.09. The molecule has 0 spiro atoms. The number of hydrogen-bond donors (Lipinski definition) is 1. The summed E-state index contributed by atoms with van der Waals surface area (Å²) in [7, 11) is 0. The van der Waals surface area contributed by atoms with Crippen molar-refractivity contribution in [1.29, 1.82) is 0 Å². The minimum Gasteiger partial charge on any atom is -0.386 e. The third-order valence-corrected chi connectivity index (χ3v) is 3.70.